The van der Waals surface area contributed by atoms with E-state index in [2.05, 4.69) is 16.0 Å². The van der Waals surface area contributed by atoms with Crippen molar-refractivity contribution in [3.8, 4) is 0 Å². The number of benzene rings is 1. The van der Waals surface area contributed by atoms with Crippen molar-refractivity contribution in [2.24, 2.45) is 5.92 Å². The lowest BCUT2D eigenvalue weighted by molar-refractivity contribution is -0.126. The van der Waals surface area contributed by atoms with Crippen molar-refractivity contribution >= 4 is 45.0 Å². The highest BCUT2D eigenvalue weighted by Crippen LogP contribution is 2.28. The van der Waals surface area contributed by atoms with Crippen LogP contribution in [0, 0.1) is 5.92 Å². The Bertz CT molecular complexity index is 1050. The predicted molar refractivity (Wildman–Crippen MR) is 124 cm³/mol. The minimum Gasteiger partial charge on any atom is -0.383 e. The molecule has 1 N–H and O–H groups in total. The number of amides is 2. The van der Waals surface area contributed by atoms with E-state index < -0.39 is 0 Å². The van der Waals surface area contributed by atoms with Crippen molar-refractivity contribution in [1.82, 2.24) is 14.8 Å². The smallest absolute Gasteiger partial charge is 0.270 e. The van der Waals surface area contributed by atoms with Gasteiger partial charge in [-0.15, -0.1) is 11.3 Å². The maximum Gasteiger partial charge on any atom is 0.270 e. The Hall–Kier alpha value is -2.35. The van der Waals surface area contributed by atoms with Crippen molar-refractivity contribution in [1.29, 1.82) is 0 Å². The van der Waals surface area contributed by atoms with Crippen LogP contribution in [0.1, 0.15) is 28.9 Å². The van der Waals surface area contributed by atoms with Crippen LogP contribution in [0.2, 0.25) is 5.02 Å². The van der Waals surface area contributed by atoms with Gasteiger partial charge in [0.15, 0.2) is 0 Å². The first-order valence-corrected chi connectivity index (χ1v) is 11.7. The van der Waals surface area contributed by atoms with Crippen LogP contribution in [-0.2, 0) is 16.1 Å². The van der Waals surface area contributed by atoms with Gasteiger partial charge in [-0.1, -0.05) is 23.7 Å². The molecule has 4 rings (SSSR count). The molecule has 0 saturated carbocycles. The summed E-state index contributed by atoms with van der Waals surface area (Å²) in [6.45, 7) is 2.80. The van der Waals surface area contributed by atoms with Gasteiger partial charge in [-0.05, 0) is 48.1 Å². The summed E-state index contributed by atoms with van der Waals surface area (Å²) in [7, 11) is 1.61. The predicted octanol–water partition coefficient (Wildman–Crippen LogP) is 4.02. The fourth-order valence-corrected chi connectivity index (χ4v) is 4.97. The fourth-order valence-electron chi connectivity index (χ4n) is 4.02. The van der Waals surface area contributed by atoms with Gasteiger partial charge in [0.2, 0.25) is 5.91 Å². The molecular formula is C23H26ClN3O3S. The van der Waals surface area contributed by atoms with E-state index >= 15 is 0 Å². The topological polar surface area (TPSA) is 63.6 Å². The van der Waals surface area contributed by atoms with E-state index in [-0.39, 0.29) is 17.7 Å². The average molecular weight is 460 g/mol. The van der Waals surface area contributed by atoms with Crippen LogP contribution in [0.4, 0.5) is 0 Å². The number of thiophene rings is 1. The number of methoxy groups -OCH3 is 1. The fraction of sp³-hybridized carbons (Fsp3) is 0.391. The Morgan fingerprint density at radius 2 is 1.94 bits per heavy atom. The molecule has 31 heavy (non-hydrogen) atoms. The second kappa shape index (κ2) is 9.85. The standard InChI is InChI=1S/C23H26ClN3O3S/c1-30-12-9-25-22(28)17-6-10-26(11-7-17)23(29)20-14-21-19(8-13-31-21)27(20)15-16-2-4-18(24)5-3-16/h2-5,8,13-14,17H,6-7,9-12,15H2,1H3,(H,25,28). The molecule has 0 bridgehead atoms. The molecule has 1 aliphatic heterocycles. The van der Waals surface area contributed by atoms with Crippen molar-refractivity contribution < 1.29 is 14.3 Å². The summed E-state index contributed by atoms with van der Waals surface area (Å²) in [5, 5.41) is 5.65. The molecule has 2 aromatic heterocycles. The van der Waals surface area contributed by atoms with Gasteiger partial charge in [-0.2, -0.15) is 0 Å². The Morgan fingerprint density at radius 3 is 2.65 bits per heavy atom. The SMILES string of the molecule is COCCNC(=O)C1CCN(C(=O)c2cc3sccc3n2Cc2ccc(Cl)cc2)CC1. The molecule has 0 atom stereocenters. The van der Waals surface area contributed by atoms with Gasteiger partial charge < -0.3 is 19.5 Å². The van der Waals surface area contributed by atoms with Gasteiger partial charge in [-0.3, -0.25) is 9.59 Å². The molecule has 1 aromatic carbocycles. The maximum absolute atomic E-state index is 13.4. The second-order valence-corrected chi connectivity index (χ2v) is 9.15. The molecule has 1 fully saturated rings. The summed E-state index contributed by atoms with van der Waals surface area (Å²) < 4.78 is 8.17. The number of piperidine rings is 1. The van der Waals surface area contributed by atoms with Crippen LogP contribution in [0.25, 0.3) is 10.2 Å². The zero-order valence-electron chi connectivity index (χ0n) is 17.5. The molecule has 2 amide bonds. The summed E-state index contributed by atoms with van der Waals surface area (Å²) >= 11 is 7.66. The van der Waals surface area contributed by atoms with E-state index in [1.54, 1.807) is 18.4 Å². The number of carbonyl (C=O) groups excluding carboxylic acids is 2. The quantitative estimate of drug-likeness (QED) is 0.543. The van der Waals surface area contributed by atoms with Crippen LogP contribution in [-0.4, -0.2) is 54.6 Å². The highest BCUT2D eigenvalue weighted by molar-refractivity contribution is 7.17. The number of halogens is 1. The lowest BCUT2D eigenvalue weighted by Crippen LogP contribution is -2.44. The molecular weight excluding hydrogens is 434 g/mol. The number of fused-ring (bicyclic) bond motifs is 1. The van der Waals surface area contributed by atoms with Crippen molar-refractivity contribution in [3.05, 3.63) is 58.1 Å². The first kappa shape index (κ1) is 21.9. The largest absolute Gasteiger partial charge is 0.383 e. The first-order valence-electron chi connectivity index (χ1n) is 10.4. The van der Waals surface area contributed by atoms with Gasteiger partial charge in [0.25, 0.3) is 5.91 Å². The number of rotatable bonds is 7. The summed E-state index contributed by atoms with van der Waals surface area (Å²) in [4.78, 5) is 27.6. The van der Waals surface area contributed by atoms with Gasteiger partial charge >= 0.3 is 0 Å². The normalized spacial score (nSPS) is 14.8. The molecule has 8 heteroatoms. The van der Waals surface area contributed by atoms with Gasteiger partial charge in [-0.25, -0.2) is 0 Å². The van der Waals surface area contributed by atoms with E-state index in [1.807, 2.05) is 40.6 Å². The van der Waals surface area contributed by atoms with E-state index in [4.69, 9.17) is 16.3 Å². The molecule has 164 valence electrons. The number of nitrogens with zero attached hydrogens (tertiary/aromatic N) is 2. The number of nitrogens with one attached hydrogen (secondary N) is 1. The number of carbonyl (C=O) groups is 2. The zero-order chi connectivity index (χ0) is 21.8. The summed E-state index contributed by atoms with van der Waals surface area (Å²) in [5.41, 5.74) is 2.85. The Labute approximate surface area is 190 Å². The van der Waals surface area contributed by atoms with E-state index in [9.17, 15) is 9.59 Å². The molecule has 6 nitrogen and oxygen atoms in total. The van der Waals surface area contributed by atoms with E-state index in [0.29, 0.717) is 56.3 Å². The summed E-state index contributed by atoms with van der Waals surface area (Å²) in [5.74, 6) is 0.0247. The average Bonchev–Trinajstić information content (AvgIpc) is 3.37. The second-order valence-electron chi connectivity index (χ2n) is 7.76. The molecule has 0 aliphatic carbocycles. The number of likely N-dealkylation sites (tertiary alicyclic amines) is 1. The highest BCUT2D eigenvalue weighted by Gasteiger charge is 2.29. The number of aromatic nitrogens is 1. The zero-order valence-corrected chi connectivity index (χ0v) is 19.0. The lowest BCUT2D eigenvalue weighted by Gasteiger charge is -2.31. The highest BCUT2D eigenvalue weighted by atomic mass is 35.5. The molecule has 3 aromatic rings. The Morgan fingerprint density at radius 1 is 1.19 bits per heavy atom. The Kier molecular flexibility index (Phi) is 6.95. The maximum atomic E-state index is 13.4. The Balaban J connectivity index is 1.46. The first-order chi connectivity index (χ1) is 15.1. The van der Waals surface area contributed by atoms with Crippen LogP contribution >= 0.6 is 22.9 Å². The monoisotopic (exact) mass is 459 g/mol. The molecule has 1 saturated heterocycles. The lowest BCUT2D eigenvalue weighted by atomic mass is 9.95. The number of ether oxygens (including phenoxy) is 1. The summed E-state index contributed by atoms with van der Waals surface area (Å²) in [6, 6.07) is 11.8. The van der Waals surface area contributed by atoms with Crippen LogP contribution in [0.15, 0.2) is 41.8 Å². The minimum atomic E-state index is -0.0507. The molecule has 0 radical (unpaired) electrons. The van der Waals surface area contributed by atoms with Crippen molar-refractivity contribution in [2.75, 3.05) is 33.4 Å². The third-order valence-corrected chi connectivity index (χ3v) is 6.86. The van der Waals surface area contributed by atoms with Crippen molar-refractivity contribution in [2.45, 2.75) is 19.4 Å². The number of hydrogen-bond donors (Lipinski definition) is 1. The van der Waals surface area contributed by atoms with Gasteiger partial charge in [0.05, 0.1) is 16.8 Å². The van der Waals surface area contributed by atoms with E-state index in [0.717, 1.165) is 15.8 Å². The minimum absolute atomic E-state index is 0.0237. The third kappa shape index (κ3) is 4.95. The van der Waals surface area contributed by atoms with Gasteiger partial charge in [0, 0.05) is 44.2 Å². The van der Waals surface area contributed by atoms with Crippen molar-refractivity contribution in [3.63, 3.8) is 0 Å². The summed E-state index contributed by atoms with van der Waals surface area (Å²) in [6.07, 6.45) is 1.35. The van der Waals surface area contributed by atoms with Crippen LogP contribution < -0.4 is 5.32 Å². The molecule has 0 spiro atoms. The molecule has 1 aliphatic rings. The van der Waals surface area contributed by atoms with Crippen LogP contribution in [0.3, 0.4) is 0 Å². The molecule has 0 unspecified atom stereocenters. The van der Waals surface area contributed by atoms with E-state index in [1.165, 1.54) is 0 Å². The van der Waals surface area contributed by atoms with Gasteiger partial charge in [0.1, 0.15) is 5.69 Å². The molecule has 3 heterocycles. The third-order valence-electron chi connectivity index (χ3n) is 5.75. The number of hydrogen-bond acceptors (Lipinski definition) is 4. The van der Waals surface area contributed by atoms with Crippen LogP contribution in [0.5, 0.6) is 0 Å².